The van der Waals surface area contributed by atoms with E-state index in [9.17, 15) is 4.79 Å². The Morgan fingerprint density at radius 3 is 3.00 bits per heavy atom. The van der Waals surface area contributed by atoms with E-state index in [0.717, 1.165) is 19.5 Å². The van der Waals surface area contributed by atoms with Crippen LogP contribution in [0.25, 0.3) is 0 Å². The molecule has 4 nitrogen and oxygen atoms in total. The third-order valence-electron chi connectivity index (χ3n) is 1.39. The van der Waals surface area contributed by atoms with Gasteiger partial charge in [0.2, 0.25) is 0 Å². The molecule has 0 spiro atoms. The van der Waals surface area contributed by atoms with Gasteiger partial charge in [-0.05, 0) is 13.0 Å². The molecule has 1 atom stereocenters. The third-order valence-corrected chi connectivity index (χ3v) is 1.39. The lowest BCUT2D eigenvalue weighted by Gasteiger charge is -2.05. The molecule has 3 N–H and O–H groups in total. The van der Waals surface area contributed by atoms with Gasteiger partial charge >= 0.3 is 6.09 Å². The van der Waals surface area contributed by atoms with Gasteiger partial charge in [0.05, 0.1) is 0 Å². The molecule has 0 radical (unpaired) electrons. The van der Waals surface area contributed by atoms with Crippen molar-refractivity contribution in [1.29, 1.82) is 0 Å². The van der Waals surface area contributed by atoms with Crippen LogP contribution >= 0.6 is 0 Å². The monoisotopic (exact) mass is 130 g/mol. The van der Waals surface area contributed by atoms with Crippen LogP contribution in [-0.4, -0.2) is 30.3 Å². The average molecular weight is 130 g/mol. The van der Waals surface area contributed by atoms with Crippen LogP contribution in [0.5, 0.6) is 0 Å². The van der Waals surface area contributed by atoms with Gasteiger partial charge in [0.25, 0.3) is 0 Å². The zero-order valence-corrected chi connectivity index (χ0v) is 5.05. The maximum Gasteiger partial charge on any atom is 0.404 e. The summed E-state index contributed by atoms with van der Waals surface area (Å²) in [7, 11) is 0. The quantitative estimate of drug-likeness (QED) is 0.453. The Labute approximate surface area is 53.2 Å². The first-order chi connectivity index (χ1) is 4.29. The minimum absolute atomic E-state index is 0.127. The number of carbonyl (C=O) groups is 1. The van der Waals surface area contributed by atoms with Gasteiger partial charge in [-0.3, -0.25) is 0 Å². The first-order valence-corrected chi connectivity index (χ1v) is 2.99. The normalized spacial score (nSPS) is 26.0. The topological polar surface area (TPSA) is 61.4 Å². The largest absolute Gasteiger partial charge is 0.465 e. The zero-order chi connectivity index (χ0) is 6.69. The van der Waals surface area contributed by atoms with Crippen molar-refractivity contribution < 1.29 is 9.90 Å². The molecule has 0 bridgehead atoms. The standard InChI is InChI=1S/C5H10N2O2/c8-5(9)7-4-1-2-6-3-4/h4,6-7H,1-3H2,(H,8,9). The molecule has 0 aromatic carbocycles. The Kier molecular flexibility index (Phi) is 1.89. The van der Waals surface area contributed by atoms with Gasteiger partial charge in [0.15, 0.2) is 0 Å². The summed E-state index contributed by atoms with van der Waals surface area (Å²) in [6.45, 7) is 1.69. The zero-order valence-electron chi connectivity index (χ0n) is 5.05. The van der Waals surface area contributed by atoms with E-state index < -0.39 is 6.09 Å². The Balaban J connectivity index is 2.19. The van der Waals surface area contributed by atoms with Crippen LogP contribution in [-0.2, 0) is 0 Å². The van der Waals surface area contributed by atoms with Crippen LogP contribution < -0.4 is 10.6 Å². The van der Waals surface area contributed by atoms with Gasteiger partial charge in [-0.1, -0.05) is 0 Å². The molecule has 1 saturated heterocycles. The number of nitrogens with one attached hydrogen (secondary N) is 2. The molecular weight excluding hydrogens is 120 g/mol. The SMILES string of the molecule is O=C(O)NC1CCNC1. The molecule has 1 fully saturated rings. The summed E-state index contributed by atoms with van der Waals surface area (Å²) in [5, 5.41) is 13.7. The van der Waals surface area contributed by atoms with Gasteiger partial charge in [-0.15, -0.1) is 0 Å². The average Bonchev–Trinajstić information content (AvgIpc) is 2.15. The Bertz CT molecular complexity index is 110. The summed E-state index contributed by atoms with van der Waals surface area (Å²) >= 11 is 0. The molecular formula is C5H10N2O2. The fourth-order valence-corrected chi connectivity index (χ4v) is 0.952. The van der Waals surface area contributed by atoms with E-state index in [0.29, 0.717) is 0 Å². The maximum atomic E-state index is 10.0. The minimum Gasteiger partial charge on any atom is -0.465 e. The molecule has 0 aliphatic carbocycles. The van der Waals surface area contributed by atoms with Crippen LogP contribution in [0.15, 0.2) is 0 Å². The molecule has 1 heterocycles. The molecule has 1 rings (SSSR count). The van der Waals surface area contributed by atoms with E-state index in [1.54, 1.807) is 0 Å². The van der Waals surface area contributed by atoms with Gasteiger partial charge in [0.1, 0.15) is 0 Å². The third kappa shape index (κ3) is 1.89. The summed E-state index contributed by atoms with van der Waals surface area (Å²) in [6, 6.07) is 0.127. The summed E-state index contributed by atoms with van der Waals surface area (Å²) in [5.74, 6) is 0. The van der Waals surface area contributed by atoms with Crippen molar-refractivity contribution >= 4 is 6.09 Å². The summed E-state index contributed by atoms with van der Waals surface area (Å²) < 4.78 is 0. The minimum atomic E-state index is -0.927. The predicted octanol–water partition coefficient (Wildman–Crippen LogP) is -0.384. The number of hydrogen-bond acceptors (Lipinski definition) is 2. The molecule has 1 aliphatic heterocycles. The molecule has 52 valence electrons. The molecule has 1 unspecified atom stereocenters. The molecule has 0 saturated carbocycles. The predicted molar refractivity (Wildman–Crippen MR) is 32.4 cm³/mol. The van der Waals surface area contributed by atoms with Gasteiger partial charge in [-0.25, -0.2) is 4.79 Å². The first kappa shape index (κ1) is 6.35. The van der Waals surface area contributed by atoms with E-state index in [2.05, 4.69) is 10.6 Å². The van der Waals surface area contributed by atoms with Crippen molar-refractivity contribution in [1.82, 2.24) is 10.6 Å². The number of hydrogen-bond donors (Lipinski definition) is 3. The maximum absolute atomic E-state index is 10.0. The summed E-state index contributed by atoms with van der Waals surface area (Å²) in [5.41, 5.74) is 0. The highest BCUT2D eigenvalue weighted by Crippen LogP contribution is 1.95. The second-order valence-corrected chi connectivity index (χ2v) is 2.14. The number of amides is 1. The van der Waals surface area contributed by atoms with E-state index in [4.69, 9.17) is 5.11 Å². The summed E-state index contributed by atoms with van der Waals surface area (Å²) in [4.78, 5) is 10.0. The lowest BCUT2D eigenvalue weighted by Crippen LogP contribution is -2.34. The fourth-order valence-electron chi connectivity index (χ4n) is 0.952. The van der Waals surface area contributed by atoms with Gasteiger partial charge < -0.3 is 15.7 Å². The molecule has 0 aromatic heterocycles. The van der Waals surface area contributed by atoms with E-state index in [1.807, 2.05) is 0 Å². The Hall–Kier alpha value is -0.770. The summed E-state index contributed by atoms with van der Waals surface area (Å²) in [6.07, 6.45) is -0.0181. The smallest absolute Gasteiger partial charge is 0.404 e. The lowest BCUT2D eigenvalue weighted by molar-refractivity contribution is 0.190. The highest BCUT2D eigenvalue weighted by molar-refractivity contribution is 5.64. The molecule has 9 heavy (non-hydrogen) atoms. The van der Waals surface area contributed by atoms with E-state index in [1.165, 1.54) is 0 Å². The second kappa shape index (κ2) is 2.68. The lowest BCUT2D eigenvalue weighted by atomic mass is 10.3. The van der Waals surface area contributed by atoms with Crippen molar-refractivity contribution in [3.8, 4) is 0 Å². The van der Waals surface area contributed by atoms with E-state index >= 15 is 0 Å². The molecule has 1 aliphatic rings. The van der Waals surface area contributed by atoms with Crippen molar-refractivity contribution in [3.63, 3.8) is 0 Å². The second-order valence-electron chi connectivity index (χ2n) is 2.14. The van der Waals surface area contributed by atoms with Crippen LogP contribution in [0.1, 0.15) is 6.42 Å². The van der Waals surface area contributed by atoms with E-state index in [-0.39, 0.29) is 6.04 Å². The number of carboxylic acid groups (broad SMARTS) is 1. The van der Waals surface area contributed by atoms with Crippen LogP contribution in [0.3, 0.4) is 0 Å². The molecule has 0 aromatic rings. The van der Waals surface area contributed by atoms with Crippen LogP contribution in [0, 0.1) is 0 Å². The van der Waals surface area contributed by atoms with Crippen LogP contribution in [0.2, 0.25) is 0 Å². The first-order valence-electron chi connectivity index (χ1n) is 2.99. The highest BCUT2D eigenvalue weighted by atomic mass is 16.4. The van der Waals surface area contributed by atoms with Crippen molar-refractivity contribution in [2.45, 2.75) is 12.5 Å². The van der Waals surface area contributed by atoms with Crippen molar-refractivity contribution in [3.05, 3.63) is 0 Å². The Morgan fingerprint density at radius 2 is 2.56 bits per heavy atom. The Morgan fingerprint density at radius 1 is 1.78 bits per heavy atom. The van der Waals surface area contributed by atoms with Crippen molar-refractivity contribution in [2.75, 3.05) is 13.1 Å². The molecule has 1 amide bonds. The molecule has 4 heteroatoms. The van der Waals surface area contributed by atoms with Gasteiger partial charge in [0, 0.05) is 12.6 Å². The van der Waals surface area contributed by atoms with Crippen LogP contribution in [0.4, 0.5) is 4.79 Å². The van der Waals surface area contributed by atoms with Crippen molar-refractivity contribution in [2.24, 2.45) is 0 Å². The highest BCUT2D eigenvalue weighted by Gasteiger charge is 2.14. The fraction of sp³-hybridized carbons (Fsp3) is 0.800. The number of rotatable bonds is 1. The van der Waals surface area contributed by atoms with Gasteiger partial charge in [-0.2, -0.15) is 0 Å².